The van der Waals surface area contributed by atoms with Crippen molar-refractivity contribution in [1.82, 2.24) is 9.62 Å². The lowest BCUT2D eigenvalue weighted by Crippen LogP contribution is -2.34. The third-order valence-electron chi connectivity index (χ3n) is 2.40. The van der Waals surface area contributed by atoms with Gasteiger partial charge in [-0.15, -0.1) is 0 Å². The Hall–Kier alpha value is -1.54. The number of nitrogens with one attached hydrogen (secondary N) is 1. The van der Waals surface area contributed by atoms with Crippen LogP contribution in [-0.2, 0) is 10.0 Å². The van der Waals surface area contributed by atoms with Gasteiger partial charge in [-0.1, -0.05) is 6.07 Å². The lowest BCUT2D eigenvalue weighted by molar-refractivity contribution is 0.0951. The molecule has 0 aliphatic rings. The summed E-state index contributed by atoms with van der Waals surface area (Å²) in [6.45, 7) is -0.185. The minimum atomic E-state index is -3.44. The van der Waals surface area contributed by atoms with Gasteiger partial charge in [0.05, 0.1) is 11.3 Å². The number of amides is 1. The average Bonchev–Trinajstić information content (AvgIpc) is 2.32. The number of carbonyl (C=O) groups excluding carboxylic acids is 1. The number of sulfonamides is 1. The van der Waals surface area contributed by atoms with Crippen LogP contribution in [0.3, 0.4) is 0 Å². The van der Waals surface area contributed by atoms with E-state index in [0.29, 0.717) is 0 Å². The summed E-state index contributed by atoms with van der Waals surface area (Å²) in [6, 6.07) is 3.21. The standard InChI is InChI=1S/C11H14F2N2O3S/c1-15(2)19(17,18)7-6-14-11(16)8-4-3-5-9(12)10(8)13/h3-5H,6-7H2,1-2H3,(H,14,16). The Kier molecular flexibility index (Phi) is 4.96. The molecule has 0 fully saturated rings. The monoisotopic (exact) mass is 292 g/mol. The highest BCUT2D eigenvalue weighted by Crippen LogP contribution is 2.10. The van der Waals surface area contributed by atoms with Crippen molar-refractivity contribution in [2.24, 2.45) is 0 Å². The molecule has 0 saturated carbocycles. The summed E-state index contributed by atoms with van der Waals surface area (Å²) in [4.78, 5) is 11.5. The Labute approximate surface area is 110 Å². The first kappa shape index (κ1) is 15.5. The van der Waals surface area contributed by atoms with Gasteiger partial charge in [-0.2, -0.15) is 0 Å². The zero-order valence-electron chi connectivity index (χ0n) is 10.5. The molecule has 0 aliphatic heterocycles. The molecule has 1 rings (SSSR count). The molecule has 8 heteroatoms. The molecule has 0 heterocycles. The van der Waals surface area contributed by atoms with E-state index < -0.39 is 33.1 Å². The van der Waals surface area contributed by atoms with Crippen LogP contribution in [0.1, 0.15) is 10.4 Å². The van der Waals surface area contributed by atoms with Crippen LogP contribution < -0.4 is 5.32 Å². The van der Waals surface area contributed by atoms with Crippen molar-refractivity contribution in [3.63, 3.8) is 0 Å². The molecule has 0 saturated heterocycles. The molecule has 0 unspecified atom stereocenters. The molecule has 0 aromatic heterocycles. The van der Waals surface area contributed by atoms with Crippen molar-refractivity contribution in [3.05, 3.63) is 35.4 Å². The van der Waals surface area contributed by atoms with Crippen molar-refractivity contribution >= 4 is 15.9 Å². The highest BCUT2D eigenvalue weighted by atomic mass is 32.2. The molecule has 1 amide bonds. The minimum Gasteiger partial charge on any atom is -0.351 e. The molecular formula is C11H14F2N2O3S. The van der Waals surface area contributed by atoms with Gasteiger partial charge in [-0.25, -0.2) is 21.5 Å². The van der Waals surface area contributed by atoms with Gasteiger partial charge in [0.2, 0.25) is 10.0 Å². The molecule has 1 aromatic carbocycles. The van der Waals surface area contributed by atoms with Gasteiger partial charge in [-0.05, 0) is 12.1 Å². The topological polar surface area (TPSA) is 66.5 Å². The van der Waals surface area contributed by atoms with Gasteiger partial charge in [-0.3, -0.25) is 4.79 Å². The van der Waals surface area contributed by atoms with Gasteiger partial charge in [0.1, 0.15) is 0 Å². The number of hydrogen-bond donors (Lipinski definition) is 1. The Morgan fingerprint density at radius 3 is 2.53 bits per heavy atom. The zero-order chi connectivity index (χ0) is 14.6. The van der Waals surface area contributed by atoms with Crippen LogP contribution in [0.5, 0.6) is 0 Å². The van der Waals surface area contributed by atoms with Gasteiger partial charge < -0.3 is 5.32 Å². The van der Waals surface area contributed by atoms with Gasteiger partial charge >= 0.3 is 0 Å². The Morgan fingerprint density at radius 2 is 1.95 bits per heavy atom. The summed E-state index contributed by atoms with van der Waals surface area (Å²) in [5, 5.41) is 2.23. The van der Waals surface area contributed by atoms with Gasteiger partial charge in [0.15, 0.2) is 11.6 Å². The normalized spacial score (nSPS) is 11.6. The van der Waals surface area contributed by atoms with Crippen LogP contribution in [-0.4, -0.2) is 45.0 Å². The van der Waals surface area contributed by atoms with E-state index in [-0.39, 0.29) is 12.3 Å². The molecule has 1 aromatic rings. The summed E-state index contributed by atoms with van der Waals surface area (Å²) in [5.41, 5.74) is -0.456. The van der Waals surface area contributed by atoms with Crippen LogP contribution in [0.25, 0.3) is 0 Å². The van der Waals surface area contributed by atoms with Crippen molar-refractivity contribution < 1.29 is 22.0 Å². The van der Waals surface area contributed by atoms with Crippen molar-refractivity contribution in [1.29, 1.82) is 0 Å². The molecular weight excluding hydrogens is 278 g/mol. The van der Waals surface area contributed by atoms with E-state index in [1.807, 2.05) is 0 Å². The Morgan fingerprint density at radius 1 is 1.32 bits per heavy atom. The smallest absolute Gasteiger partial charge is 0.254 e. The van der Waals surface area contributed by atoms with Crippen LogP contribution in [0.15, 0.2) is 18.2 Å². The number of benzene rings is 1. The summed E-state index contributed by atoms with van der Waals surface area (Å²) in [5.74, 6) is -3.56. The SMILES string of the molecule is CN(C)S(=O)(=O)CCNC(=O)c1cccc(F)c1F. The second kappa shape index (κ2) is 6.07. The van der Waals surface area contributed by atoms with Crippen LogP contribution in [0, 0.1) is 11.6 Å². The summed E-state index contributed by atoms with van der Waals surface area (Å²) in [6.07, 6.45) is 0. The predicted octanol–water partition coefficient (Wildman–Crippen LogP) is 0.586. The van der Waals surface area contributed by atoms with E-state index in [4.69, 9.17) is 0 Å². The van der Waals surface area contributed by atoms with Crippen LogP contribution in [0.4, 0.5) is 8.78 Å². The van der Waals surface area contributed by atoms with Crippen LogP contribution in [0.2, 0.25) is 0 Å². The number of rotatable bonds is 5. The molecule has 1 N–H and O–H groups in total. The first-order valence-electron chi connectivity index (χ1n) is 5.38. The number of nitrogens with zero attached hydrogens (tertiary/aromatic N) is 1. The van der Waals surface area contributed by atoms with Crippen molar-refractivity contribution in [2.75, 3.05) is 26.4 Å². The quantitative estimate of drug-likeness (QED) is 0.863. The largest absolute Gasteiger partial charge is 0.351 e. The molecule has 0 atom stereocenters. The van der Waals surface area contributed by atoms with Crippen molar-refractivity contribution in [2.45, 2.75) is 0 Å². The second-order valence-electron chi connectivity index (χ2n) is 3.96. The third-order valence-corrected chi connectivity index (χ3v) is 4.23. The lowest BCUT2D eigenvalue weighted by atomic mass is 10.2. The van der Waals surface area contributed by atoms with Gasteiger partial charge in [0, 0.05) is 20.6 Å². The molecule has 0 aliphatic carbocycles. The highest BCUT2D eigenvalue weighted by Gasteiger charge is 2.17. The van der Waals surface area contributed by atoms with E-state index >= 15 is 0 Å². The fraction of sp³-hybridized carbons (Fsp3) is 0.364. The number of halogens is 2. The third kappa shape index (κ3) is 3.97. The first-order valence-corrected chi connectivity index (χ1v) is 6.99. The predicted molar refractivity (Wildman–Crippen MR) is 66.2 cm³/mol. The number of hydrogen-bond acceptors (Lipinski definition) is 3. The first-order chi connectivity index (χ1) is 8.75. The maximum absolute atomic E-state index is 13.3. The second-order valence-corrected chi connectivity index (χ2v) is 6.26. The maximum atomic E-state index is 13.3. The summed E-state index contributed by atoms with van der Waals surface area (Å²) < 4.78 is 50.0. The van der Waals surface area contributed by atoms with E-state index in [2.05, 4.69) is 5.32 Å². The Balaban J connectivity index is 2.65. The summed E-state index contributed by atoms with van der Waals surface area (Å²) >= 11 is 0. The fourth-order valence-electron chi connectivity index (χ4n) is 1.25. The van der Waals surface area contributed by atoms with E-state index in [0.717, 1.165) is 16.4 Å². The minimum absolute atomic E-state index is 0.185. The van der Waals surface area contributed by atoms with E-state index in [1.54, 1.807) is 0 Å². The summed E-state index contributed by atoms with van der Waals surface area (Å²) in [7, 11) is -0.715. The molecule has 0 spiro atoms. The average molecular weight is 292 g/mol. The molecule has 0 radical (unpaired) electrons. The van der Waals surface area contributed by atoms with E-state index in [9.17, 15) is 22.0 Å². The molecule has 106 valence electrons. The highest BCUT2D eigenvalue weighted by molar-refractivity contribution is 7.89. The molecule has 0 bridgehead atoms. The van der Waals surface area contributed by atoms with E-state index in [1.165, 1.54) is 20.2 Å². The molecule has 5 nitrogen and oxygen atoms in total. The van der Waals surface area contributed by atoms with Crippen LogP contribution >= 0.6 is 0 Å². The van der Waals surface area contributed by atoms with Gasteiger partial charge in [0.25, 0.3) is 5.91 Å². The number of carbonyl (C=O) groups is 1. The fourth-order valence-corrected chi connectivity index (χ4v) is 1.98. The lowest BCUT2D eigenvalue weighted by Gasteiger charge is -2.11. The zero-order valence-corrected chi connectivity index (χ0v) is 11.3. The van der Waals surface area contributed by atoms with Crippen molar-refractivity contribution in [3.8, 4) is 0 Å². The molecule has 19 heavy (non-hydrogen) atoms. The maximum Gasteiger partial charge on any atom is 0.254 e. The Bertz CT molecular complexity index is 573.